The molecule has 0 fully saturated rings. The number of hydrogen-bond acceptors (Lipinski definition) is 3. The van der Waals surface area contributed by atoms with Crippen LogP contribution in [0.2, 0.25) is 5.28 Å². The van der Waals surface area contributed by atoms with Crippen molar-refractivity contribution in [3.05, 3.63) is 15.2 Å². The number of H-pyrrole nitrogens is 1. The van der Waals surface area contributed by atoms with Gasteiger partial charge in [-0.25, -0.2) is 4.98 Å². The molecule has 4 nitrogen and oxygen atoms in total. The van der Waals surface area contributed by atoms with Gasteiger partial charge in [0.1, 0.15) is 3.70 Å². The molecule has 56 valence electrons. The van der Waals surface area contributed by atoms with Crippen molar-refractivity contribution in [1.29, 1.82) is 0 Å². The Morgan fingerprint density at radius 2 is 2.27 bits per heavy atom. The van der Waals surface area contributed by atoms with Crippen LogP contribution in [0.1, 0.15) is 0 Å². The van der Waals surface area contributed by atoms with Crippen LogP contribution < -0.4 is 0 Å². The first-order chi connectivity index (χ1) is 5.27. The van der Waals surface area contributed by atoms with Crippen LogP contribution in [-0.4, -0.2) is 20.2 Å². The van der Waals surface area contributed by atoms with Gasteiger partial charge in [-0.3, -0.25) is 5.10 Å². The van der Waals surface area contributed by atoms with Crippen LogP contribution in [0.5, 0.6) is 0 Å². The summed E-state index contributed by atoms with van der Waals surface area (Å²) in [5.74, 6) is 0. The zero-order valence-electron chi connectivity index (χ0n) is 5.17. The van der Waals surface area contributed by atoms with Gasteiger partial charge >= 0.3 is 0 Å². The van der Waals surface area contributed by atoms with Crippen molar-refractivity contribution in [3.63, 3.8) is 0 Å². The van der Waals surface area contributed by atoms with E-state index in [1.165, 1.54) is 0 Å². The lowest BCUT2D eigenvalue weighted by Gasteiger charge is -1.91. The third-order valence-corrected chi connectivity index (χ3v) is 2.23. The van der Waals surface area contributed by atoms with Crippen LogP contribution in [-0.2, 0) is 0 Å². The molecule has 0 bridgehead atoms. The number of hydrogen-bond donors (Lipinski definition) is 1. The Kier molecular flexibility index (Phi) is 1.68. The van der Waals surface area contributed by atoms with E-state index >= 15 is 0 Å². The van der Waals surface area contributed by atoms with Gasteiger partial charge in [-0.05, 0) is 34.2 Å². The van der Waals surface area contributed by atoms with Crippen LogP contribution in [0.3, 0.4) is 0 Å². The van der Waals surface area contributed by atoms with Crippen LogP contribution in [0.15, 0.2) is 6.20 Å². The molecule has 2 aromatic rings. The summed E-state index contributed by atoms with van der Waals surface area (Å²) in [6.07, 6.45) is 1.67. The molecule has 0 spiro atoms. The SMILES string of the molecule is Clc1nc(I)c2cn[nH]c2n1. The first kappa shape index (κ1) is 7.23. The number of rotatable bonds is 0. The fourth-order valence-corrected chi connectivity index (χ4v) is 1.71. The van der Waals surface area contributed by atoms with Gasteiger partial charge in [0.05, 0.1) is 11.6 Å². The van der Waals surface area contributed by atoms with E-state index < -0.39 is 0 Å². The number of halogens is 2. The standard InChI is InChI=1S/C5H2ClIN4/c6-5-9-3(7)2-1-8-11-4(2)10-5/h1H,(H,8,9,10,11). The van der Waals surface area contributed by atoms with E-state index in [2.05, 4.69) is 42.8 Å². The lowest BCUT2D eigenvalue weighted by atomic mass is 10.5. The lowest BCUT2D eigenvalue weighted by Crippen LogP contribution is -1.86. The molecule has 2 heterocycles. The molecule has 0 aliphatic carbocycles. The molecule has 0 aliphatic rings. The van der Waals surface area contributed by atoms with Crippen LogP contribution in [0.25, 0.3) is 11.0 Å². The first-order valence-electron chi connectivity index (χ1n) is 2.79. The predicted octanol–water partition coefficient (Wildman–Crippen LogP) is 1.61. The van der Waals surface area contributed by atoms with Crippen LogP contribution in [0, 0.1) is 3.70 Å². The van der Waals surface area contributed by atoms with Gasteiger partial charge in [0.25, 0.3) is 0 Å². The maximum Gasteiger partial charge on any atom is 0.225 e. The van der Waals surface area contributed by atoms with Crippen molar-refractivity contribution in [1.82, 2.24) is 20.2 Å². The second-order valence-corrected chi connectivity index (χ2v) is 3.28. The summed E-state index contributed by atoms with van der Waals surface area (Å²) in [5, 5.41) is 7.66. The predicted molar refractivity (Wildman–Crippen MR) is 49.4 cm³/mol. The largest absolute Gasteiger partial charge is 0.261 e. The van der Waals surface area contributed by atoms with Gasteiger partial charge in [0.15, 0.2) is 5.65 Å². The maximum absolute atomic E-state index is 5.61. The maximum atomic E-state index is 5.61. The molecule has 0 aromatic carbocycles. The summed E-state index contributed by atoms with van der Waals surface area (Å²) in [6.45, 7) is 0. The number of aromatic amines is 1. The summed E-state index contributed by atoms with van der Waals surface area (Å²) in [4.78, 5) is 7.88. The number of aromatic nitrogens is 4. The molecule has 2 aromatic heterocycles. The summed E-state index contributed by atoms with van der Waals surface area (Å²) in [7, 11) is 0. The molecular formula is C5H2ClIN4. The quantitative estimate of drug-likeness (QED) is 0.453. The normalized spacial score (nSPS) is 10.7. The molecule has 0 amide bonds. The fraction of sp³-hybridized carbons (Fsp3) is 0. The second kappa shape index (κ2) is 2.56. The Hall–Kier alpha value is -0.430. The summed E-state index contributed by atoms with van der Waals surface area (Å²) >= 11 is 7.69. The van der Waals surface area contributed by atoms with Gasteiger partial charge < -0.3 is 0 Å². The Morgan fingerprint density at radius 3 is 3.09 bits per heavy atom. The molecule has 0 saturated heterocycles. The Bertz CT molecular complexity index is 398. The zero-order valence-corrected chi connectivity index (χ0v) is 8.09. The fourth-order valence-electron chi connectivity index (χ4n) is 0.774. The molecule has 0 atom stereocenters. The van der Waals surface area contributed by atoms with Crippen molar-refractivity contribution >= 4 is 45.2 Å². The van der Waals surface area contributed by atoms with Crippen molar-refractivity contribution in [3.8, 4) is 0 Å². The van der Waals surface area contributed by atoms with Crippen molar-refractivity contribution in [2.24, 2.45) is 0 Å². The third kappa shape index (κ3) is 1.18. The monoisotopic (exact) mass is 280 g/mol. The molecular weight excluding hydrogens is 278 g/mol. The Balaban J connectivity index is 2.91. The van der Waals surface area contributed by atoms with E-state index in [9.17, 15) is 0 Å². The highest BCUT2D eigenvalue weighted by molar-refractivity contribution is 14.1. The van der Waals surface area contributed by atoms with E-state index in [-0.39, 0.29) is 5.28 Å². The molecule has 0 aliphatic heterocycles. The van der Waals surface area contributed by atoms with Crippen molar-refractivity contribution in [2.45, 2.75) is 0 Å². The number of nitrogens with zero attached hydrogens (tertiary/aromatic N) is 3. The Morgan fingerprint density at radius 1 is 1.45 bits per heavy atom. The van der Waals surface area contributed by atoms with Crippen molar-refractivity contribution < 1.29 is 0 Å². The summed E-state index contributed by atoms with van der Waals surface area (Å²) in [6, 6.07) is 0. The number of nitrogens with one attached hydrogen (secondary N) is 1. The van der Waals surface area contributed by atoms with E-state index in [0.717, 1.165) is 9.09 Å². The minimum Gasteiger partial charge on any atom is -0.261 e. The minimum absolute atomic E-state index is 0.242. The highest BCUT2D eigenvalue weighted by Gasteiger charge is 2.04. The molecule has 0 radical (unpaired) electrons. The minimum atomic E-state index is 0.242. The molecule has 0 saturated carbocycles. The average molecular weight is 280 g/mol. The smallest absolute Gasteiger partial charge is 0.225 e. The molecule has 0 unspecified atom stereocenters. The van der Waals surface area contributed by atoms with E-state index in [1.54, 1.807) is 6.20 Å². The van der Waals surface area contributed by atoms with Gasteiger partial charge in [0, 0.05) is 0 Å². The van der Waals surface area contributed by atoms with E-state index in [0.29, 0.717) is 5.65 Å². The van der Waals surface area contributed by atoms with Crippen LogP contribution >= 0.6 is 34.2 Å². The summed E-state index contributed by atoms with van der Waals surface area (Å²) in [5.41, 5.74) is 0.675. The molecule has 1 N–H and O–H groups in total. The third-order valence-electron chi connectivity index (χ3n) is 1.24. The molecule has 11 heavy (non-hydrogen) atoms. The Labute approximate surface area is 80.5 Å². The zero-order chi connectivity index (χ0) is 7.84. The van der Waals surface area contributed by atoms with Crippen LogP contribution in [0.4, 0.5) is 0 Å². The van der Waals surface area contributed by atoms with Gasteiger partial charge in [-0.1, -0.05) is 0 Å². The number of fused-ring (bicyclic) bond motifs is 1. The second-order valence-electron chi connectivity index (χ2n) is 1.92. The first-order valence-corrected chi connectivity index (χ1v) is 4.25. The van der Waals surface area contributed by atoms with Gasteiger partial charge in [-0.15, -0.1) is 0 Å². The summed E-state index contributed by atoms with van der Waals surface area (Å²) < 4.78 is 0.811. The lowest BCUT2D eigenvalue weighted by molar-refractivity contribution is 1.09. The highest BCUT2D eigenvalue weighted by atomic mass is 127. The molecule has 6 heteroatoms. The molecule has 2 rings (SSSR count). The van der Waals surface area contributed by atoms with Gasteiger partial charge in [-0.2, -0.15) is 10.1 Å². The van der Waals surface area contributed by atoms with E-state index in [1.807, 2.05) is 0 Å². The average Bonchev–Trinajstić information content (AvgIpc) is 2.34. The highest BCUT2D eigenvalue weighted by Crippen LogP contribution is 2.16. The van der Waals surface area contributed by atoms with E-state index in [4.69, 9.17) is 11.6 Å². The topological polar surface area (TPSA) is 54.5 Å². The van der Waals surface area contributed by atoms with Gasteiger partial charge in [0.2, 0.25) is 5.28 Å². The van der Waals surface area contributed by atoms with Crippen molar-refractivity contribution in [2.75, 3.05) is 0 Å².